The highest BCUT2D eigenvalue weighted by atomic mass is 35.5. The quantitative estimate of drug-likeness (QED) is 0.609. The van der Waals surface area contributed by atoms with E-state index in [0.717, 1.165) is 17.7 Å². The third-order valence-corrected chi connectivity index (χ3v) is 5.08. The highest BCUT2D eigenvalue weighted by Crippen LogP contribution is 2.30. The van der Waals surface area contributed by atoms with E-state index in [-0.39, 0.29) is 18.4 Å². The van der Waals surface area contributed by atoms with Crippen molar-refractivity contribution in [3.63, 3.8) is 0 Å². The summed E-state index contributed by atoms with van der Waals surface area (Å²) in [7, 11) is 3.06. The predicted molar refractivity (Wildman–Crippen MR) is 119 cm³/mol. The fourth-order valence-corrected chi connectivity index (χ4v) is 3.47. The Bertz CT molecular complexity index is 1050. The lowest BCUT2D eigenvalue weighted by molar-refractivity contribution is -0.116. The minimum absolute atomic E-state index is 0.100. The van der Waals surface area contributed by atoms with E-state index < -0.39 is 0 Å². The number of likely N-dealkylation sites (N-methyl/N-ethyl adjacent to an activating group) is 1. The summed E-state index contributed by atoms with van der Waals surface area (Å²) < 4.78 is 7.26. The molecule has 0 aliphatic heterocycles. The largest absolute Gasteiger partial charge is 0.496 e. The molecule has 1 heterocycles. The van der Waals surface area contributed by atoms with Gasteiger partial charge in [0.25, 0.3) is 5.91 Å². The minimum atomic E-state index is -0.355. The Balaban J connectivity index is 1.77. The van der Waals surface area contributed by atoms with Gasteiger partial charge in [-0.15, -0.1) is 0 Å². The van der Waals surface area contributed by atoms with E-state index in [4.69, 9.17) is 16.3 Å². The smallest absolute Gasteiger partial charge is 0.257 e. The summed E-state index contributed by atoms with van der Waals surface area (Å²) in [5, 5.41) is 3.28. The molecule has 6 nitrogen and oxygen atoms in total. The summed E-state index contributed by atoms with van der Waals surface area (Å²) in [6.45, 7) is 1.92. The zero-order valence-corrected chi connectivity index (χ0v) is 17.9. The standard InChI is InChI=1S/C23H24ClN3O3/c1-4-16-9-5-6-10-19(16)25-22(28)15-26(2)23(29)17-13-18(24)20(14-21(17)30-3)27-11-7-8-12-27/h5-14H,4,15H2,1-3H3,(H,25,28). The number of hydrogen-bond acceptors (Lipinski definition) is 3. The number of carbonyl (C=O) groups excluding carboxylic acids is 2. The molecule has 0 saturated carbocycles. The van der Waals surface area contributed by atoms with Gasteiger partial charge in [-0.2, -0.15) is 0 Å². The van der Waals surface area contributed by atoms with E-state index >= 15 is 0 Å². The van der Waals surface area contributed by atoms with Crippen molar-refractivity contribution < 1.29 is 14.3 Å². The third kappa shape index (κ3) is 4.66. The number of halogens is 1. The molecule has 3 rings (SSSR count). The van der Waals surface area contributed by atoms with Crippen LogP contribution in [-0.4, -0.2) is 42.0 Å². The van der Waals surface area contributed by atoms with Crippen molar-refractivity contribution in [3.8, 4) is 11.4 Å². The number of para-hydroxylation sites is 1. The van der Waals surface area contributed by atoms with E-state index in [1.807, 2.05) is 60.3 Å². The maximum Gasteiger partial charge on any atom is 0.257 e. The third-order valence-electron chi connectivity index (χ3n) is 4.78. The molecule has 156 valence electrons. The van der Waals surface area contributed by atoms with Gasteiger partial charge in [0.05, 0.1) is 29.9 Å². The van der Waals surface area contributed by atoms with Gasteiger partial charge in [0.15, 0.2) is 0 Å². The molecule has 0 aliphatic rings. The average Bonchev–Trinajstić information content (AvgIpc) is 3.27. The zero-order chi connectivity index (χ0) is 21.7. The molecule has 0 saturated heterocycles. The number of benzene rings is 2. The Morgan fingerprint density at radius 3 is 2.50 bits per heavy atom. The molecule has 3 aromatic rings. The molecule has 0 radical (unpaired) electrons. The molecule has 30 heavy (non-hydrogen) atoms. The van der Waals surface area contributed by atoms with Crippen LogP contribution in [0.15, 0.2) is 60.9 Å². The molecule has 1 aromatic heterocycles. The van der Waals surface area contributed by atoms with Crippen molar-refractivity contribution in [2.45, 2.75) is 13.3 Å². The van der Waals surface area contributed by atoms with E-state index in [0.29, 0.717) is 22.0 Å². The summed E-state index contributed by atoms with van der Waals surface area (Å²) in [5.41, 5.74) is 2.78. The number of methoxy groups -OCH3 is 1. The first-order chi connectivity index (χ1) is 14.4. The molecule has 1 N–H and O–H groups in total. The van der Waals surface area contributed by atoms with Gasteiger partial charge in [-0.3, -0.25) is 9.59 Å². The number of ether oxygens (including phenoxy) is 1. The first-order valence-corrected chi connectivity index (χ1v) is 9.96. The second-order valence-corrected chi connectivity index (χ2v) is 7.22. The molecular formula is C23H24ClN3O3. The molecule has 0 atom stereocenters. The number of aryl methyl sites for hydroxylation is 1. The normalized spacial score (nSPS) is 10.5. The van der Waals surface area contributed by atoms with Gasteiger partial charge in [-0.1, -0.05) is 36.7 Å². The summed E-state index contributed by atoms with van der Waals surface area (Å²) in [6, 6.07) is 14.6. The van der Waals surface area contributed by atoms with Crippen LogP contribution in [-0.2, 0) is 11.2 Å². The van der Waals surface area contributed by atoms with E-state index in [9.17, 15) is 9.59 Å². The lowest BCUT2D eigenvalue weighted by Gasteiger charge is -2.20. The lowest BCUT2D eigenvalue weighted by Crippen LogP contribution is -2.35. The van der Waals surface area contributed by atoms with Crippen molar-refractivity contribution in [1.29, 1.82) is 0 Å². The van der Waals surface area contributed by atoms with Crippen LogP contribution in [0.3, 0.4) is 0 Å². The van der Waals surface area contributed by atoms with Crippen molar-refractivity contribution in [2.75, 3.05) is 26.0 Å². The Kier molecular flexibility index (Phi) is 6.79. The fourth-order valence-electron chi connectivity index (χ4n) is 3.20. The Morgan fingerprint density at radius 1 is 1.13 bits per heavy atom. The maximum atomic E-state index is 13.0. The SMILES string of the molecule is CCc1ccccc1NC(=O)CN(C)C(=O)c1cc(Cl)c(-n2cccc2)cc1OC. The van der Waals surface area contributed by atoms with Gasteiger partial charge in [-0.05, 0) is 36.2 Å². The molecule has 0 bridgehead atoms. The number of nitrogens with zero attached hydrogens (tertiary/aromatic N) is 2. The van der Waals surface area contributed by atoms with Crippen molar-refractivity contribution in [3.05, 3.63) is 77.1 Å². The predicted octanol–water partition coefficient (Wildman–Crippen LogP) is 4.41. The molecular weight excluding hydrogens is 402 g/mol. The molecule has 0 spiro atoms. The molecule has 0 unspecified atom stereocenters. The van der Waals surface area contributed by atoms with Crippen molar-refractivity contribution >= 4 is 29.1 Å². The Labute approximate surface area is 181 Å². The Hall–Kier alpha value is -3.25. The lowest BCUT2D eigenvalue weighted by atomic mass is 10.1. The second kappa shape index (κ2) is 9.50. The summed E-state index contributed by atoms with van der Waals surface area (Å²) in [5.74, 6) is -0.246. The van der Waals surface area contributed by atoms with Crippen LogP contribution in [0.2, 0.25) is 5.02 Å². The van der Waals surface area contributed by atoms with Crippen molar-refractivity contribution in [1.82, 2.24) is 9.47 Å². The number of rotatable bonds is 7. The fraction of sp³-hybridized carbons (Fsp3) is 0.217. The van der Waals surface area contributed by atoms with Gasteiger partial charge in [0.2, 0.25) is 5.91 Å². The summed E-state index contributed by atoms with van der Waals surface area (Å²) in [4.78, 5) is 26.8. The topological polar surface area (TPSA) is 63.6 Å². The number of anilines is 1. The molecule has 2 aromatic carbocycles. The number of carbonyl (C=O) groups is 2. The number of amides is 2. The zero-order valence-electron chi connectivity index (χ0n) is 17.2. The van der Waals surface area contributed by atoms with E-state index in [1.54, 1.807) is 19.2 Å². The van der Waals surface area contributed by atoms with Crippen molar-refractivity contribution in [2.24, 2.45) is 0 Å². The van der Waals surface area contributed by atoms with E-state index in [2.05, 4.69) is 5.32 Å². The Morgan fingerprint density at radius 2 is 1.83 bits per heavy atom. The van der Waals surface area contributed by atoms with Gasteiger partial charge in [-0.25, -0.2) is 0 Å². The van der Waals surface area contributed by atoms with Gasteiger partial charge >= 0.3 is 0 Å². The highest BCUT2D eigenvalue weighted by Gasteiger charge is 2.21. The summed E-state index contributed by atoms with van der Waals surface area (Å²) >= 11 is 6.42. The monoisotopic (exact) mass is 425 g/mol. The second-order valence-electron chi connectivity index (χ2n) is 6.81. The van der Waals surface area contributed by atoms with Gasteiger partial charge in [0.1, 0.15) is 5.75 Å². The van der Waals surface area contributed by atoms with Gasteiger partial charge in [0, 0.05) is 31.2 Å². The first kappa shape index (κ1) is 21.5. The van der Waals surface area contributed by atoms with Crippen LogP contribution < -0.4 is 10.1 Å². The molecule has 0 fully saturated rings. The first-order valence-electron chi connectivity index (χ1n) is 9.58. The average molecular weight is 426 g/mol. The van der Waals surface area contributed by atoms with E-state index in [1.165, 1.54) is 12.0 Å². The van der Waals surface area contributed by atoms with Crippen LogP contribution in [0.5, 0.6) is 5.75 Å². The summed E-state index contributed by atoms with van der Waals surface area (Å²) in [6.07, 6.45) is 4.51. The van der Waals surface area contributed by atoms with Crippen LogP contribution in [0, 0.1) is 0 Å². The van der Waals surface area contributed by atoms with Crippen LogP contribution in [0.1, 0.15) is 22.8 Å². The molecule has 7 heteroatoms. The molecule has 2 amide bonds. The minimum Gasteiger partial charge on any atom is -0.496 e. The number of aromatic nitrogens is 1. The van der Waals surface area contributed by atoms with Gasteiger partial charge < -0.3 is 19.5 Å². The number of hydrogen-bond donors (Lipinski definition) is 1. The number of nitrogens with one attached hydrogen (secondary N) is 1. The maximum absolute atomic E-state index is 13.0. The highest BCUT2D eigenvalue weighted by molar-refractivity contribution is 6.33. The van der Waals surface area contributed by atoms with Crippen LogP contribution >= 0.6 is 11.6 Å². The van der Waals surface area contributed by atoms with Crippen LogP contribution in [0.4, 0.5) is 5.69 Å². The van der Waals surface area contributed by atoms with Crippen LogP contribution in [0.25, 0.3) is 5.69 Å². The molecule has 0 aliphatic carbocycles.